The number of carbonyl (C=O) groups is 1. The standard InChI is InChI=1S/C14H20OS/c1-11-7-10-14(16-11)13(15)9-8-12-5-3-2-4-6-12/h7,10,12H,2-6,8-9H2,1H3. The Morgan fingerprint density at radius 2 is 2.06 bits per heavy atom. The van der Waals surface area contributed by atoms with E-state index in [2.05, 4.69) is 6.92 Å². The van der Waals surface area contributed by atoms with Crippen LogP contribution in [-0.4, -0.2) is 5.78 Å². The minimum Gasteiger partial charge on any atom is -0.293 e. The molecule has 2 rings (SSSR count). The summed E-state index contributed by atoms with van der Waals surface area (Å²) in [6.45, 7) is 2.06. The van der Waals surface area contributed by atoms with E-state index in [0.29, 0.717) is 5.78 Å². The van der Waals surface area contributed by atoms with Gasteiger partial charge < -0.3 is 0 Å². The van der Waals surface area contributed by atoms with E-state index < -0.39 is 0 Å². The van der Waals surface area contributed by atoms with E-state index >= 15 is 0 Å². The van der Waals surface area contributed by atoms with Crippen LogP contribution in [-0.2, 0) is 0 Å². The summed E-state index contributed by atoms with van der Waals surface area (Å²) in [5.74, 6) is 1.17. The van der Waals surface area contributed by atoms with Crippen LogP contribution in [0.25, 0.3) is 0 Å². The van der Waals surface area contributed by atoms with Crippen molar-refractivity contribution < 1.29 is 4.79 Å². The molecule has 1 aromatic heterocycles. The summed E-state index contributed by atoms with van der Waals surface area (Å²) in [6, 6.07) is 4.02. The van der Waals surface area contributed by atoms with Crippen LogP contribution in [0.1, 0.15) is 59.5 Å². The lowest BCUT2D eigenvalue weighted by molar-refractivity contribution is 0.0974. The van der Waals surface area contributed by atoms with E-state index in [1.54, 1.807) is 11.3 Å². The van der Waals surface area contributed by atoms with Gasteiger partial charge in [0.2, 0.25) is 0 Å². The van der Waals surface area contributed by atoms with Crippen LogP contribution in [0.5, 0.6) is 0 Å². The second kappa shape index (κ2) is 5.62. The smallest absolute Gasteiger partial charge is 0.172 e. The molecule has 0 unspecified atom stereocenters. The molecule has 0 amide bonds. The number of Topliss-reactive ketones (excluding diaryl/α,β-unsaturated/α-hetero) is 1. The van der Waals surface area contributed by atoms with Gasteiger partial charge in [-0.25, -0.2) is 0 Å². The average molecular weight is 236 g/mol. The molecule has 1 aliphatic carbocycles. The Labute approximate surface area is 102 Å². The van der Waals surface area contributed by atoms with Crippen molar-refractivity contribution in [1.29, 1.82) is 0 Å². The van der Waals surface area contributed by atoms with Crippen LogP contribution in [0, 0.1) is 12.8 Å². The zero-order chi connectivity index (χ0) is 11.4. The lowest BCUT2D eigenvalue weighted by atomic mass is 9.85. The highest BCUT2D eigenvalue weighted by Gasteiger charge is 2.16. The third-order valence-corrected chi connectivity index (χ3v) is 4.56. The summed E-state index contributed by atoms with van der Waals surface area (Å²) in [5.41, 5.74) is 0. The highest BCUT2D eigenvalue weighted by atomic mass is 32.1. The normalized spacial score (nSPS) is 17.6. The summed E-state index contributed by atoms with van der Waals surface area (Å²) in [6.07, 6.45) is 8.69. The SMILES string of the molecule is Cc1ccc(C(=O)CCC2CCCCC2)s1. The molecule has 1 nitrogen and oxygen atoms in total. The molecule has 1 fully saturated rings. The van der Waals surface area contributed by atoms with Gasteiger partial charge in [0.15, 0.2) is 5.78 Å². The molecule has 1 heterocycles. The molecular formula is C14H20OS. The van der Waals surface area contributed by atoms with Gasteiger partial charge in [0, 0.05) is 11.3 Å². The van der Waals surface area contributed by atoms with Gasteiger partial charge in [-0.15, -0.1) is 11.3 Å². The van der Waals surface area contributed by atoms with Crippen molar-refractivity contribution in [3.63, 3.8) is 0 Å². The fourth-order valence-electron chi connectivity index (χ4n) is 2.52. The van der Waals surface area contributed by atoms with E-state index in [1.807, 2.05) is 12.1 Å². The number of hydrogen-bond acceptors (Lipinski definition) is 2. The predicted molar refractivity (Wildman–Crippen MR) is 69.2 cm³/mol. The second-order valence-corrected chi connectivity index (χ2v) is 6.16. The summed E-state index contributed by atoms with van der Waals surface area (Å²) in [4.78, 5) is 14.1. The summed E-state index contributed by atoms with van der Waals surface area (Å²) >= 11 is 1.63. The van der Waals surface area contributed by atoms with Gasteiger partial charge >= 0.3 is 0 Å². The maximum atomic E-state index is 11.9. The molecule has 2 heteroatoms. The van der Waals surface area contributed by atoms with Crippen molar-refractivity contribution in [1.82, 2.24) is 0 Å². The predicted octanol–water partition coefficient (Wildman–Crippen LogP) is 4.60. The zero-order valence-electron chi connectivity index (χ0n) is 10.00. The monoisotopic (exact) mass is 236 g/mol. The zero-order valence-corrected chi connectivity index (χ0v) is 10.8. The van der Waals surface area contributed by atoms with Crippen molar-refractivity contribution in [3.8, 4) is 0 Å². The molecule has 88 valence electrons. The fraction of sp³-hybridized carbons (Fsp3) is 0.643. The lowest BCUT2D eigenvalue weighted by Gasteiger charge is -2.20. The van der Waals surface area contributed by atoms with E-state index in [9.17, 15) is 4.79 Å². The van der Waals surface area contributed by atoms with Crippen LogP contribution in [0.2, 0.25) is 0 Å². The molecule has 0 bridgehead atoms. The van der Waals surface area contributed by atoms with Crippen LogP contribution in [0.3, 0.4) is 0 Å². The molecule has 0 N–H and O–H groups in total. The van der Waals surface area contributed by atoms with Crippen LogP contribution < -0.4 is 0 Å². The van der Waals surface area contributed by atoms with Gasteiger partial charge in [0.25, 0.3) is 0 Å². The molecule has 0 saturated heterocycles. The minimum atomic E-state index is 0.351. The highest BCUT2D eigenvalue weighted by Crippen LogP contribution is 2.28. The topological polar surface area (TPSA) is 17.1 Å². The Hall–Kier alpha value is -0.630. The van der Waals surface area contributed by atoms with E-state index in [0.717, 1.165) is 23.6 Å². The van der Waals surface area contributed by atoms with Crippen molar-refractivity contribution in [2.75, 3.05) is 0 Å². The Kier molecular flexibility index (Phi) is 4.16. The molecule has 1 aliphatic rings. The van der Waals surface area contributed by atoms with Crippen molar-refractivity contribution in [2.45, 2.75) is 51.9 Å². The first kappa shape index (κ1) is 11.8. The van der Waals surface area contributed by atoms with Gasteiger partial charge in [-0.2, -0.15) is 0 Å². The van der Waals surface area contributed by atoms with Gasteiger partial charge in [-0.1, -0.05) is 32.1 Å². The van der Waals surface area contributed by atoms with Crippen molar-refractivity contribution >= 4 is 17.1 Å². The summed E-state index contributed by atoms with van der Waals surface area (Å²) in [7, 11) is 0. The number of hydrogen-bond donors (Lipinski definition) is 0. The molecule has 1 saturated carbocycles. The van der Waals surface area contributed by atoms with Gasteiger partial charge in [-0.05, 0) is 31.4 Å². The number of ketones is 1. The van der Waals surface area contributed by atoms with Gasteiger partial charge in [-0.3, -0.25) is 4.79 Å². The fourth-order valence-corrected chi connectivity index (χ4v) is 3.35. The number of carbonyl (C=O) groups excluding carboxylic acids is 1. The van der Waals surface area contributed by atoms with Crippen LogP contribution in [0.15, 0.2) is 12.1 Å². The highest BCUT2D eigenvalue weighted by molar-refractivity contribution is 7.14. The third-order valence-electron chi connectivity index (χ3n) is 3.52. The molecule has 1 aromatic rings. The van der Waals surface area contributed by atoms with Crippen LogP contribution in [0.4, 0.5) is 0 Å². The molecule has 0 atom stereocenters. The van der Waals surface area contributed by atoms with E-state index in [-0.39, 0.29) is 0 Å². The van der Waals surface area contributed by atoms with Crippen molar-refractivity contribution in [3.05, 3.63) is 21.9 Å². The largest absolute Gasteiger partial charge is 0.293 e. The second-order valence-electron chi connectivity index (χ2n) is 4.88. The lowest BCUT2D eigenvalue weighted by Crippen LogP contribution is -2.08. The summed E-state index contributed by atoms with van der Waals surface area (Å²) < 4.78 is 0. The number of aryl methyl sites for hydroxylation is 1. The first-order valence-corrected chi connectivity index (χ1v) is 7.17. The maximum absolute atomic E-state index is 11.9. The quantitative estimate of drug-likeness (QED) is 0.698. The summed E-state index contributed by atoms with van der Waals surface area (Å²) in [5, 5.41) is 0. The average Bonchev–Trinajstić information content (AvgIpc) is 2.74. The Bertz CT molecular complexity index is 347. The first-order valence-electron chi connectivity index (χ1n) is 6.35. The molecule has 16 heavy (non-hydrogen) atoms. The van der Waals surface area contributed by atoms with Crippen LogP contribution >= 0.6 is 11.3 Å². The molecule has 0 radical (unpaired) electrons. The maximum Gasteiger partial charge on any atom is 0.172 e. The number of thiophene rings is 1. The Morgan fingerprint density at radius 1 is 1.31 bits per heavy atom. The van der Waals surface area contributed by atoms with Gasteiger partial charge in [0.1, 0.15) is 0 Å². The molecule has 0 aliphatic heterocycles. The minimum absolute atomic E-state index is 0.351. The molecular weight excluding hydrogens is 216 g/mol. The molecule has 0 spiro atoms. The Morgan fingerprint density at radius 3 is 2.69 bits per heavy atom. The van der Waals surface area contributed by atoms with E-state index in [1.165, 1.54) is 37.0 Å². The molecule has 0 aromatic carbocycles. The Balaban J connectivity index is 1.79. The van der Waals surface area contributed by atoms with E-state index in [4.69, 9.17) is 0 Å². The first-order chi connectivity index (χ1) is 7.75. The number of rotatable bonds is 4. The van der Waals surface area contributed by atoms with Gasteiger partial charge in [0.05, 0.1) is 4.88 Å². The van der Waals surface area contributed by atoms with Crippen molar-refractivity contribution in [2.24, 2.45) is 5.92 Å². The third kappa shape index (κ3) is 3.18.